The summed E-state index contributed by atoms with van der Waals surface area (Å²) in [4.78, 5) is 7.18. The van der Waals surface area contributed by atoms with E-state index in [0.29, 0.717) is 0 Å². The van der Waals surface area contributed by atoms with Crippen molar-refractivity contribution in [2.75, 3.05) is 31.5 Å². The van der Waals surface area contributed by atoms with Crippen molar-refractivity contribution in [3.8, 4) is 0 Å². The van der Waals surface area contributed by atoms with E-state index in [1.807, 2.05) is 6.20 Å². The standard InChI is InChI=1S/C23H34N4/c1-4-7-18-27-21-13-9-8-12-19(21)20-14-16-25-23(22(20)27)24-15-10-11-17-26(5-2)6-3/h8-9,12-14,16H,4-7,10-11,15,17-18H2,1-3H3,(H,24,25). The molecule has 4 nitrogen and oxygen atoms in total. The lowest BCUT2D eigenvalue weighted by Crippen LogP contribution is -2.24. The number of nitrogens with one attached hydrogen (secondary N) is 1. The molecule has 0 amide bonds. The Morgan fingerprint density at radius 2 is 1.78 bits per heavy atom. The van der Waals surface area contributed by atoms with Crippen LogP contribution in [0.1, 0.15) is 46.5 Å². The minimum atomic E-state index is 0.975. The second-order valence-electron chi connectivity index (χ2n) is 7.24. The third kappa shape index (κ3) is 4.44. The predicted molar refractivity (Wildman–Crippen MR) is 118 cm³/mol. The van der Waals surface area contributed by atoms with E-state index in [4.69, 9.17) is 4.98 Å². The monoisotopic (exact) mass is 366 g/mol. The lowest BCUT2D eigenvalue weighted by Gasteiger charge is -2.17. The Morgan fingerprint density at radius 3 is 2.56 bits per heavy atom. The molecule has 0 unspecified atom stereocenters. The number of rotatable bonds is 11. The fourth-order valence-corrected chi connectivity index (χ4v) is 3.89. The summed E-state index contributed by atoms with van der Waals surface area (Å²) in [6, 6.07) is 10.9. The van der Waals surface area contributed by atoms with Crippen molar-refractivity contribution in [1.82, 2.24) is 14.5 Å². The zero-order chi connectivity index (χ0) is 19.1. The number of unbranched alkanes of at least 4 members (excludes halogenated alkanes) is 2. The van der Waals surface area contributed by atoms with Crippen LogP contribution in [-0.2, 0) is 6.54 Å². The van der Waals surface area contributed by atoms with Crippen molar-refractivity contribution in [1.29, 1.82) is 0 Å². The zero-order valence-electron chi connectivity index (χ0n) is 17.2. The average molecular weight is 367 g/mol. The SMILES string of the molecule is CCCCn1c2ccccc2c2ccnc(NCCCCN(CC)CC)c21. The van der Waals surface area contributed by atoms with Gasteiger partial charge in [0.2, 0.25) is 0 Å². The molecule has 0 saturated carbocycles. The minimum absolute atomic E-state index is 0.975. The van der Waals surface area contributed by atoms with Crippen molar-refractivity contribution in [2.45, 2.75) is 53.0 Å². The van der Waals surface area contributed by atoms with E-state index in [1.165, 1.54) is 54.0 Å². The number of hydrogen-bond donors (Lipinski definition) is 1. The highest BCUT2D eigenvalue weighted by molar-refractivity contribution is 6.11. The molecule has 3 aromatic rings. The molecule has 4 heteroatoms. The van der Waals surface area contributed by atoms with Gasteiger partial charge in [0, 0.05) is 35.6 Å². The lowest BCUT2D eigenvalue weighted by molar-refractivity contribution is 0.298. The van der Waals surface area contributed by atoms with E-state index in [1.54, 1.807) is 0 Å². The molecule has 0 saturated heterocycles. The molecule has 0 fully saturated rings. The van der Waals surface area contributed by atoms with Crippen LogP contribution in [-0.4, -0.2) is 40.6 Å². The van der Waals surface area contributed by atoms with Gasteiger partial charge in [-0.3, -0.25) is 0 Å². The fraction of sp³-hybridized carbons (Fsp3) is 0.522. The molecule has 146 valence electrons. The van der Waals surface area contributed by atoms with Gasteiger partial charge in [0.1, 0.15) is 0 Å². The van der Waals surface area contributed by atoms with E-state index >= 15 is 0 Å². The normalized spacial score (nSPS) is 11.7. The highest BCUT2D eigenvalue weighted by atomic mass is 15.1. The van der Waals surface area contributed by atoms with E-state index < -0.39 is 0 Å². The summed E-state index contributed by atoms with van der Waals surface area (Å²) in [5, 5.41) is 6.26. The summed E-state index contributed by atoms with van der Waals surface area (Å²) in [5.41, 5.74) is 2.58. The van der Waals surface area contributed by atoms with Crippen LogP contribution < -0.4 is 5.32 Å². The molecule has 0 aliphatic heterocycles. The molecular weight excluding hydrogens is 332 g/mol. The maximum Gasteiger partial charge on any atom is 0.150 e. The zero-order valence-corrected chi connectivity index (χ0v) is 17.2. The largest absolute Gasteiger partial charge is 0.368 e. The highest BCUT2D eigenvalue weighted by Crippen LogP contribution is 2.32. The smallest absolute Gasteiger partial charge is 0.150 e. The molecule has 0 spiro atoms. The highest BCUT2D eigenvalue weighted by Gasteiger charge is 2.14. The summed E-state index contributed by atoms with van der Waals surface area (Å²) in [6.45, 7) is 12.2. The quantitative estimate of drug-likeness (QED) is 0.453. The van der Waals surface area contributed by atoms with Crippen molar-refractivity contribution < 1.29 is 0 Å². The van der Waals surface area contributed by atoms with E-state index in [-0.39, 0.29) is 0 Å². The van der Waals surface area contributed by atoms with Crippen LogP contribution in [0.3, 0.4) is 0 Å². The molecule has 1 N–H and O–H groups in total. The molecule has 0 aliphatic rings. The number of hydrogen-bond acceptors (Lipinski definition) is 3. The summed E-state index contributed by atoms with van der Waals surface area (Å²) in [6.07, 6.45) is 6.72. The van der Waals surface area contributed by atoms with Gasteiger partial charge in [0.05, 0.1) is 5.52 Å². The Labute approximate surface area is 163 Å². The predicted octanol–water partition coefficient (Wildman–Crippen LogP) is 5.52. The first-order valence-corrected chi connectivity index (χ1v) is 10.6. The Balaban J connectivity index is 1.79. The first-order valence-electron chi connectivity index (χ1n) is 10.6. The number of para-hydroxylation sites is 1. The maximum atomic E-state index is 4.69. The van der Waals surface area contributed by atoms with Gasteiger partial charge in [0.25, 0.3) is 0 Å². The van der Waals surface area contributed by atoms with Crippen LogP contribution in [0.5, 0.6) is 0 Å². The molecule has 0 aliphatic carbocycles. The summed E-state index contributed by atoms with van der Waals surface area (Å²) < 4.78 is 2.46. The molecule has 2 aromatic heterocycles. The van der Waals surface area contributed by atoms with Gasteiger partial charge in [-0.2, -0.15) is 0 Å². The van der Waals surface area contributed by atoms with Gasteiger partial charge in [-0.1, -0.05) is 45.4 Å². The Bertz CT molecular complexity index is 848. The number of aryl methyl sites for hydroxylation is 1. The van der Waals surface area contributed by atoms with Gasteiger partial charge in [0.15, 0.2) is 5.82 Å². The molecule has 0 radical (unpaired) electrons. The number of aromatic nitrogens is 2. The molecule has 2 heterocycles. The summed E-state index contributed by atoms with van der Waals surface area (Å²) in [7, 11) is 0. The summed E-state index contributed by atoms with van der Waals surface area (Å²) in [5.74, 6) is 1.03. The van der Waals surface area contributed by atoms with E-state index in [2.05, 4.69) is 65.9 Å². The van der Waals surface area contributed by atoms with Crippen molar-refractivity contribution >= 4 is 27.6 Å². The molecule has 3 rings (SSSR count). The van der Waals surface area contributed by atoms with Gasteiger partial charge >= 0.3 is 0 Å². The molecule has 1 aromatic carbocycles. The average Bonchev–Trinajstić information content (AvgIpc) is 3.04. The Hall–Kier alpha value is -2.07. The van der Waals surface area contributed by atoms with Gasteiger partial charge in [-0.25, -0.2) is 4.98 Å². The van der Waals surface area contributed by atoms with Crippen LogP contribution in [0.4, 0.5) is 5.82 Å². The minimum Gasteiger partial charge on any atom is -0.368 e. The second kappa shape index (κ2) is 9.75. The van der Waals surface area contributed by atoms with Crippen LogP contribution in [0.25, 0.3) is 21.8 Å². The van der Waals surface area contributed by atoms with Crippen LogP contribution >= 0.6 is 0 Å². The van der Waals surface area contributed by atoms with Crippen molar-refractivity contribution in [3.63, 3.8) is 0 Å². The van der Waals surface area contributed by atoms with Crippen molar-refractivity contribution in [2.24, 2.45) is 0 Å². The number of nitrogens with zero attached hydrogens (tertiary/aromatic N) is 3. The number of anilines is 1. The van der Waals surface area contributed by atoms with Crippen LogP contribution in [0, 0.1) is 0 Å². The third-order valence-corrected chi connectivity index (χ3v) is 5.50. The molecule has 0 bridgehead atoms. The first kappa shape index (κ1) is 19.7. The van der Waals surface area contributed by atoms with E-state index in [0.717, 1.165) is 32.0 Å². The van der Waals surface area contributed by atoms with E-state index in [9.17, 15) is 0 Å². The molecular formula is C23H34N4. The third-order valence-electron chi connectivity index (χ3n) is 5.50. The lowest BCUT2D eigenvalue weighted by atomic mass is 10.2. The molecule has 0 atom stereocenters. The second-order valence-corrected chi connectivity index (χ2v) is 7.24. The first-order chi connectivity index (χ1) is 13.3. The fourth-order valence-electron chi connectivity index (χ4n) is 3.89. The Kier molecular flexibility index (Phi) is 7.11. The van der Waals surface area contributed by atoms with Gasteiger partial charge in [-0.05, 0) is 51.0 Å². The van der Waals surface area contributed by atoms with Crippen molar-refractivity contribution in [3.05, 3.63) is 36.5 Å². The molecule has 27 heavy (non-hydrogen) atoms. The number of fused-ring (bicyclic) bond motifs is 3. The van der Waals surface area contributed by atoms with Gasteiger partial charge in [-0.15, -0.1) is 0 Å². The summed E-state index contributed by atoms with van der Waals surface area (Å²) >= 11 is 0. The van der Waals surface area contributed by atoms with Crippen LogP contribution in [0.2, 0.25) is 0 Å². The Morgan fingerprint density at radius 1 is 0.963 bits per heavy atom. The van der Waals surface area contributed by atoms with Gasteiger partial charge < -0.3 is 14.8 Å². The number of benzene rings is 1. The van der Waals surface area contributed by atoms with Crippen LogP contribution in [0.15, 0.2) is 36.5 Å². The number of pyridine rings is 1. The maximum absolute atomic E-state index is 4.69. The topological polar surface area (TPSA) is 33.1 Å².